The van der Waals surface area contributed by atoms with Crippen molar-refractivity contribution in [3.05, 3.63) is 107 Å². The summed E-state index contributed by atoms with van der Waals surface area (Å²) in [5, 5.41) is 23.9. The number of phenols is 1. The van der Waals surface area contributed by atoms with Crippen molar-refractivity contribution in [3.63, 3.8) is 0 Å². The Kier molecular flexibility index (Phi) is 5.59. The quantitative estimate of drug-likeness (QED) is 0.435. The molecule has 1 heterocycles. The number of nitrogens with one attached hydrogen (secondary N) is 1. The lowest BCUT2D eigenvalue weighted by Crippen LogP contribution is -2.21. The van der Waals surface area contributed by atoms with Crippen LogP contribution in [0.1, 0.15) is 34.2 Å². The SMILES string of the molecule is O=C(Cc1ccccc1)Nc1nc2c(nc1C(O)c1ccccc1)-c1ccc(O)cc1CC2. The Labute approximate surface area is 191 Å². The second-order valence-electron chi connectivity index (χ2n) is 8.12. The third-order valence-corrected chi connectivity index (χ3v) is 5.81. The molecule has 0 saturated heterocycles. The number of nitrogens with zero attached hydrogens (tertiary/aromatic N) is 2. The lowest BCUT2D eigenvalue weighted by atomic mass is 9.91. The zero-order valence-electron chi connectivity index (χ0n) is 17.9. The number of carbonyl (C=O) groups is 1. The van der Waals surface area contributed by atoms with Gasteiger partial charge in [0.05, 0.1) is 17.8 Å². The molecule has 4 aromatic rings. The number of benzene rings is 3. The first-order valence-corrected chi connectivity index (χ1v) is 10.9. The van der Waals surface area contributed by atoms with E-state index in [0.29, 0.717) is 29.8 Å². The van der Waals surface area contributed by atoms with Gasteiger partial charge < -0.3 is 15.5 Å². The maximum atomic E-state index is 12.8. The highest BCUT2D eigenvalue weighted by Gasteiger charge is 2.26. The number of amides is 1. The first-order chi connectivity index (χ1) is 16.1. The number of hydrogen-bond donors (Lipinski definition) is 3. The predicted molar refractivity (Wildman–Crippen MR) is 126 cm³/mol. The summed E-state index contributed by atoms with van der Waals surface area (Å²) in [5.41, 5.74) is 5.13. The van der Waals surface area contributed by atoms with E-state index < -0.39 is 6.10 Å². The van der Waals surface area contributed by atoms with Crippen molar-refractivity contribution in [3.8, 4) is 17.0 Å². The zero-order chi connectivity index (χ0) is 22.8. The van der Waals surface area contributed by atoms with Gasteiger partial charge in [-0.25, -0.2) is 9.97 Å². The van der Waals surface area contributed by atoms with Gasteiger partial charge in [-0.1, -0.05) is 60.7 Å². The number of fused-ring (bicyclic) bond motifs is 3. The van der Waals surface area contributed by atoms with E-state index in [0.717, 1.165) is 22.4 Å². The van der Waals surface area contributed by atoms with E-state index in [2.05, 4.69) is 5.32 Å². The van der Waals surface area contributed by atoms with Crippen LogP contribution in [0.25, 0.3) is 11.3 Å². The summed E-state index contributed by atoms with van der Waals surface area (Å²) in [4.78, 5) is 22.4. The average molecular weight is 437 g/mol. The van der Waals surface area contributed by atoms with Gasteiger partial charge >= 0.3 is 0 Å². The van der Waals surface area contributed by atoms with E-state index in [1.165, 1.54) is 0 Å². The standard InChI is InChI=1S/C27H23N3O3/c31-20-12-13-21-19(16-20)11-14-22-24(21)30-25(26(33)18-9-5-2-6-10-18)27(28-22)29-23(32)15-17-7-3-1-4-8-17/h1-10,12-13,16,26,31,33H,11,14-15H2,(H,28,29,32). The summed E-state index contributed by atoms with van der Waals surface area (Å²) in [6.45, 7) is 0. The van der Waals surface area contributed by atoms with Crippen LogP contribution in [-0.4, -0.2) is 26.1 Å². The summed E-state index contributed by atoms with van der Waals surface area (Å²) >= 11 is 0. The molecule has 1 aliphatic rings. The summed E-state index contributed by atoms with van der Waals surface area (Å²) in [5.74, 6) is 0.255. The highest BCUT2D eigenvalue weighted by atomic mass is 16.3. The lowest BCUT2D eigenvalue weighted by molar-refractivity contribution is -0.115. The van der Waals surface area contributed by atoms with Crippen LogP contribution in [0.15, 0.2) is 78.9 Å². The van der Waals surface area contributed by atoms with Crippen LogP contribution >= 0.6 is 0 Å². The molecule has 3 aromatic carbocycles. The van der Waals surface area contributed by atoms with Gasteiger partial charge in [-0.3, -0.25) is 4.79 Å². The van der Waals surface area contributed by atoms with Crippen LogP contribution in [0.4, 0.5) is 5.82 Å². The van der Waals surface area contributed by atoms with Gasteiger partial charge in [-0.2, -0.15) is 0 Å². The van der Waals surface area contributed by atoms with E-state index in [1.807, 2.05) is 66.7 Å². The lowest BCUT2D eigenvalue weighted by Gasteiger charge is -2.23. The van der Waals surface area contributed by atoms with Crippen molar-refractivity contribution in [2.24, 2.45) is 0 Å². The maximum absolute atomic E-state index is 12.8. The van der Waals surface area contributed by atoms with Crippen LogP contribution in [0.5, 0.6) is 5.75 Å². The molecule has 3 N–H and O–H groups in total. The highest BCUT2D eigenvalue weighted by molar-refractivity contribution is 5.92. The summed E-state index contributed by atoms with van der Waals surface area (Å²) in [6, 6.07) is 23.8. The first kappa shape index (κ1) is 20.8. The molecular formula is C27H23N3O3. The predicted octanol–water partition coefficient (Wildman–Crippen LogP) is 4.21. The second kappa shape index (κ2) is 8.84. The minimum atomic E-state index is -1.06. The van der Waals surface area contributed by atoms with Crippen molar-refractivity contribution >= 4 is 11.7 Å². The Balaban J connectivity index is 1.56. The van der Waals surface area contributed by atoms with Crippen LogP contribution in [-0.2, 0) is 24.1 Å². The van der Waals surface area contributed by atoms with Crippen molar-refractivity contribution in [2.45, 2.75) is 25.4 Å². The van der Waals surface area contributed by atoms with Crippen molar-refractivity contribution < 1.29 is 15.0 Å². The van der Waals surface area contributed by atoms with Crippen LogP contribution < -0.4 is 5.32 Å². The Morgan fingerprint density at radius 1 is 0.939 bits per heavy atom. The molecule has 6 heteroatoms. The first-order valence-electron chi connectivity index (χ1n) is 10.9. The molecule has 1 aromatic heterocycles. The molecule has 0 aliphatic heterocycles. The van der Waals surface area contributed by atoms with Gasteiger partial charge in [-0.15, -0.1) is 0 Å². The fraction of sp³-hybridized carbons (Fsp3) is 0.148. The number of aliphatic hydroxyl groups is 1. The number of aryl methyl sites for hydroxylation is 2. The van der Waals surface area contributed by atoms with E-state index in [9.17, 15) is 15.0 Å². The molecule has 1 unspecified atom stereocenters. The number of hydrogen-bond acceptors (Lipinski definition) is 5. The molecular weight excluding hydrogens is 414 g/mol. The molecule has 0 radical (unpaired) electrons. The smallest absolute Gasteiger partial charge is 0.229 e. The van der Waals surface area contributed by atoms with E-state index in [1.54, 1.807) is 12.1 Å². The fourth-order valence-corrected chi connectivity index (χ4v) is 4.18. The summed E-state index contributed by atoms with van der Waals surface area (Å²) < 4.78 is 0. The highest BCUT2D eigenvalue weighted by Crippen LogP contribution is 2.36. The van der Waals surface area contributed by atoms with Crippen molar-refractivity contribution in [2.75, 3.05) is 5.32 Å². The number of carbonyl (C=O) groups excluding carboxylic acids is 1. The Morgan fingerprint density at radius 2 is 1.67 bits per heavy atom. The Bertz CT molecular complexity index is 1310. The van der Waals surface area contributed by atoms with E-state index in [-0.39, 0.29) is 23.9 Å². The van der Waals surface area contributed by atoms with Gasteiger partial charge in [0.1, 0.15) is 17.5 Å². The summed E-state index contributed by atoms with van der Waals surface area (Å²) in [7, 11) is 0. The molecule has 0 bridgehead atoms. The van der Waals surface area contributed by atoms with Gasteiger partial charge in [0.2, 0.25) is 5.91 Å². The molecule has 0 saturated carbocycles. The molecule has 33 heavy (non-hydrogen) atoms. The number of anilines is 1. The minimum absolute atomic E-state index is 0.197. The van der Waals surface area contributed by atoms with Crippen LogP contribution in [0.3, 0.4) is 0 Å². The third-order valence-electron chi connectivity index (χ3n) is 5.81. The zero-order valence-corrected chi connectivity index (χ0v) is 17.9. The largest absolute Gasteiger partial charge is 0.508 e. The van der Waals surface area contributed by atoms with Gasteiger partial charge in [0.25, 0.3) is 0 Å². The normalized spacial score (nSPS) is 13.0. The minimum Gasteiger partial charge on any atom is -0.508 e. The summed E-state index contributed by atoms with van der Waals surface area (Å²) in [6.07, 6.45) is 0.479. The molecule has 0 spiro atoms. The monoisotopic (exact) mass is 437 g/mol. The maximum Gasteiger partial charge on any atom is 0.229 e. The van der Waals surface area contributed by atoms with E-state index >= 15 is 0 Å². The number of rotatable bonds is 5. The van der Waals surface area contributed by atoms with E-state index in [4.69, 9.17) is 9.97 Å². The van der Waals surface area contributed by atoms with Gasteiger partial charge in [-0.05, 0) is 47.7 Å². The number of phenolic OH excluding ortho intramolecular Hbond substituents is 1. The topological polar surface area (TPSA) is 95.3 Å². The molecule has 0 fully saturated rings. The van der Waals surface area contributed by atoms with Crippen LogP contribution in [0.2, 0.25) is 0 Å². The molecule has 1 aliphatic carbocycles. The number of aromatic hydroxyl groups is 1. The second-order valence-corrected chi connectivity index (χ2v) is 8.12. The molecule has 164 valence electrons. The molecule has 6 nitrogen and oxygen atoms in total. The van der Waals surface area contributed by atoms with Crippen molar-refractivity contribution in [1.82, 2.24) is 9.97 Å². The van der Waals surface area contributed by atoms with Gasteiger partial charge in [0, 0.05) is 5.56 Å². The third kappa shape index (κ3) is 4.33. The Morgan fingerprint density at radius 3 is 2.42 bits per heavy atom. The van der Waals surface area contributed by atoms with Crippen molar-refractivity contribution in [1.29, 1.82) is 0 Å². The molecule has 1 amide bonds. The fourth-order valence-electron chi connectivity index (χ4n) is 4.18. The number of aromatic nitrogens is 2. The average Bonchev–Trinajstić information content (AvgIpc) is 2.84. The Hall–Kier alpha value is -4.03. The molecule has 1 atom stereocenters. The molecule has 5 rings (SSSR count). The van der Waals surface area contributed by atoms with Gasteiger partial charge in [0.15, 0.2) is 5.82 Å². The van der Waals surface area contributed by atoms with Crippen LogP contribution in [0, 0.1) is 0 Å². The number of aliphatic hydroxyl groups excluding tert-OH is 1.